The molecular formula is C21H39F3IN5O. The fraction of sp³-hybridized carbons (Fsp3) is 0.905. The summed E-state index contributed by atoms with van der Waals surface area (Å²) >= 11 is 0. The molecule has 6 nitrogen and oxygen atoms in total. The lowest BCUT2D eigenvalue weighted by Crippen LogP contribution is -2.41. The second-order valence-corrected chi connectivity index (χ2v) is 8.36. The Balaban J connectivity index is 0.00000480. The second-order valence-electron chi connectivity index (χ2n) is 8.36. The fourth-order valence-electron chi connectivity index (χ4n) is 4.15. The molecule has 2 saturated heterocycles. The molecule has 0 aromatic carbocycles. The van der Waals surface area contributed by atoms with Crippen LogP contribution in [0.5, 0.6) is 0 Å². The molecule has 0 aromatic rings. The van der Waals surface area contributed by atoms with E-state index in [2.05, 4.69) is 15.6 Å². The van der Waals surface area contributed by atoms with Crippen LogP contribution < -0.4 is 10.6 Å². The molecule has 0 radical (unpaired) electrons. The average molecular weight is 561 g/mol. The summed E-state index contributed by atoms with van der Waals surface area (Å²) in [6, 6.07) is 0. The Kier molecular flexibility index (Phi) is 13.8. The normalized spacial score (nSPS) is 19.7. The van der Waals surface area contributed by atoms with Crippen molar-refractivity contribution < 1.29 is 18.0 Å². The van der Waals surface area contributed by atoms with Crippen molar-refractivity contribution in [3.63, 3.8) is 0 Å². The Morgan fingerprint density at radius 3 is 2.55 bits per heavy atom. The van der Waals surface area contributed by atoms with Gasteiger partial charge in [0, 0.05) is 39.1 Å². The topological polar surface area (TPSA) is 60.0 Å². The summed E-state index contributed by atoms with van der Waals surface area (Å²) in [4.78, 5) is 20.1. The SMILES string of the molecule is CCNC(=NCCCN1CCCCCC1=O)NCCC1CCN(CC(F)(F)F)CC1.I. The van der Waals surface area contributed by atoms with E-state index >= 15 is 0 Å². The number of alkyl halides is 3. The number of carbonyl (C=O) groups excluding carboxylic acids is 1. The molecule has 0 aliphatic carbocycles. The minimum atomic E-state index is -4.11. The highest BCUT2D eigenvalue weighted by Gasteiger charge is 2.32. The van der Waals surface area contributed by atoms with Gasteiger partial charge in [-0.15, -0.1) is 24.0 Å². The van der Waals surface area contributed by atoms with Gasteiger partial charge in [-0.3, -0.25) is 14.7 Å². The summed E-state index contributed by atoms with van der Waals surface area (Å²) < 4.78 is 37.4. The van der Waals surface area contributed by atoms with Gasteiger partial charge in [0.05, 0.1) is 6.54 Å². The van der Waals surface area contributed by atoms with E-state index in [1.54, 1.807) is 0 Å². The number of guanidine groups is 1. The first-order chi connectivity index (χ1) is 14.4. The van der Waals surface area contributed by atoms with Gasteiger partial charge in [0.1, 0.15) is 0 Å². The number of piperidine rings is 1. The Bertz CT molecular complexity index is 540. The molecule has 0 spiro atoms. The van der Waals surface area contributed by atoms with Crippen LogP contribution in [-0.4, -0.2) is 80.2 Å². The van der Waals surface area contributed by atoms with Crippen LogP contribution in [0.1, 0.15) is 58.3 Å². The Hall–Kier alpha value is -0.780. The minimum absolute atomic E-state index is 0. The number of hydrogen-bond donors (Lipinski definition) is 2. The molecule has 2 aliphatic heterocycles. The van der Waals surface area contributed by atoms with Crippen molar-refractivity contribution in [1.29, 1.82) is 0 Å². The third-order valence-corrected chi connectivity index (χ3v) is 5.83. The van der Waals surface area contributed by atoms with Crippen molar-refractivity contribution in [2.45, 2.75) is 64.5 Å². The number of halogens is 4. The summed E-state index contributed by atoms with van der Waals surface area (Å²) in [6.45, 7) is 6.09. The lowest BCUT2D eigenvalue weighted by molar-refractivity contribution is -0.148. The quantitative estimate of drug-likeness (QED) is 0.196. The molecule has 0 bridgehead atoms. The van der Waals surface area contributed by atoms with Gasteiger partial charge in [0.25, 0.3) is 0 Å². The van der Waals surface area contributed by atoms with Crippen LogP contribution in [0, 0.1) is 5.92 Å². The van der Waals surface area contributed by atoms with Crippen LogP contribution in [0.2, 0.25) is 0 Å². The van der Waals surface area contributed by atoms with Crippen molar-refractivity contribution >= 4 is 35.8 Å². The molecule has 2 aliphatic rings. The molecule has 0 saturated carbocycles. The highest BCUT2D eigenvalue weighted by atomic mass is 127. The number of aliphatic imine (C=N–C) groups is 1. The van der Waals surface area contributed by atoms with Gasteiger partial charge in [-0.2, -0.15) is 13.2 Å². The minimum Gasteiger partial charge on any atom is -0.357 e. The van der Waals surface area contributed by atoms with E-state index in [9.17, 15) is 18.0 Å². The lowest BCUT2D eigenvalue weighted by atomic mass is 9.93. The molecule has 1 amide bonds. The van der Waals surface area contributed by atoms with E-state index < -0.39 is 12.7 Å². The van der Waals surface area contributed by atoms with E-state index in [1.807, 2.05) is 11.8 Å². The van der Waals surface area contributed by atoms with Crippen molar-refractivity contribution in [3.05, 3.63) is 0 Å². The summed E-state index contributed by atoms with van der Waals surface area (Å²) in [5.41, 5.74) is 0. The number of nitrogens with one attached hydrogen (secondary N) is 2. The third-order valence-electron chi connectivity index (χ3n) is 5.83. The van der Waals surface area contributed by atoms with Gasteiger partial charge < -0.3 is 15.5 Å². The van der Waals surface area contributed by atoms with Crippen LogP contribution in [-0.2, 0) is 4.79 Å². The number of rotatable bonds is 9. The first kappa shape index (κ1) is 28.3. The van der Waals surface area contributed by atoms with Crippen LogP contribution in [0.25, 0.3) is 0 Å². The lowest BCUT2D eigenvalue weighted by Gasteiger charge is -2.32. The molecule has 0 atom stereocenters. The van der Waals surface area contributed by atoms with Gasteiger partial charge in [-0.25, -0.2) is 0 Å². The summed E-state index contributed by atoms with van der Waals surface area (Å²) in [5, 5.41) is 6.57. The van der Waals surface area contributed by atoms with Crippen molar-refractivity contribution in [2.24, 2.45) is 10.9 Å². The zero-order valence-corrected chi connectivity index (χ0v) is 21.0. The van der Waals surface area contributed by atoms with Crippen molar-refractivity contribution in [1.82, 2.24) is 20.4 Å². The standard InChI is InChI=1S/C21H38F3N5O.HI/c1-2-25-20(26-11-6-14-29-13-5-3-4-7-19(29)30)27-12-8-18-9-15-28(16-10-18)17-21(22,23)24;/h18H,2-17H2,1H3,(H2,25,26,27);1H. The van der Waals surface area contributed by atoms with Crippen LogP contribution >= 0.6 is 24.0 Å². The first-order valence-corrected chi connectivity index (χ1v) is 11.5. The number of amides is 1. The zero-order valence-electron chi connectivity index (χ0n) is 18.7. The smallest absolute Gasteiger partial charge is 0.357 e. The maximum atomic E-state index is 12.5. The van der Waals surface area contributed by atoms with Gasteiger partial charge in [0.2, 0.25) is 5.91 Å². The maximum Gasteiger partial charge on any atom is 0.401 e. The molecule has 2 rings (SSSR count). The zero-order chi connectivity index (χ0) is 21.8. The first-order valence-electron chi connectivity index (χ1n) is 11.5. The molecule has 10 heteroatoms. The number of nitrogens with zero attached hydrogens (tertiary/aromatic N) is 3. The van der Waals surface area contributed by atoms with E-state index in [-0.39, 0.29) is 29.9 Å². The van der Waals surface area contributed by atoms with Gasteiger partial charge >= 0.3 is 6.18 Å². The summed E-state index contributed by atoms with van der Waals surface area (Å²) in [5.74, 6) is 1.50. The maximum absolute atomic E-state index is 12.5. The van der Waals surface area contributed by atoms with Crippen LogP contribution in [0.3, 0.4) is 0 Å². The summed E-state index contributed by atoms with van der Waals surface area (Å²) in [7, 11) is 0. The molecule has 2 heterocycles. The fourth-order valence-corrected chi connectivity index (χ4v) is 4.15. The van der Waals surface area contributed by atoms with Crippen molar-refractivity contribution in [2.75, 3.05) is 52.4 Å². The number of likely N-dealkylation sites (tertiary alicyclic amines) is 2. The van der Waals surface area contributed by atoms with E-state index in [0.29, 0.717) is 32.0 Å². The predicted molar refractivity (Wildman–Crippen MR) is 129 cm³/mol. The van der Waals surface area contributed by atoms with E-state index in [1.165, 1.54) is 4.90 Å². The molecule has 2 fully saturated rings. The highest BCUT2D eigenvalue weighted by Crippen LogP contribution is 2.23. The molecule has 2 N–H and O–H groups in total. The molecule has 182 valence electrons. The highest BCUT2D eigenvalue weighted by molar-refractivity contribution is 14.0. The van der Waals surface area contributed by atoms with E-state index in [4.69, 9.17) is 0 Å². The third kappa shape index (κ3) is 12.1. The monoisotopic (exact) mass is 561 g/mol. The molecular weight excluding hydrogens is 522 g/mol. The predicted octanol–water partition coefficient (Wildman–Crippen LogP) is 3.62. The average Bonchev–Trinajstić information content (AvgIpc) is 2.89. The van der Waals surface area contributed by atoms with Crippen LogP contribution in [0.15, 0.2) is 4.99 Å². The second kappa shape index (κ2) is 15.1. The Morgan fingerprint density at radius 2 is 1.87 bits per heavy atom. The van der Waals surface area contributed by atoms with Gasteiger partial charge in [-0.05, 0) is 64.5 Å². The number of hydrogen-bond acceptors (Lipinski definition) is 3. The van der Waals surface area contributed by atoms with Gasteiger partial charge in [0.15, 0.2) is 5.96 Å². The summed E-state index contributed by atoms with van der Waals surface area (Å²) in [6.07, 6.45) is 3.21. The van der Waals surface area contributed by atoms with Crippen LogP contribution in [0.4, 0.5) is 13.2 Å². The van der Waals surface area contributed by atoms with Crippen molar-refractivity contribution in [3.8, 4) is 0 Å². The largest absolute Gasteiger partial charge is 0.401 e. The Labute approximate surface area is 201 Å². The number of carbonyl (C=O) groups is 1. The molecule has 31 heavy (non-hydrogen) atoms. The molecule has 0 aromatic heterocycles. The van der Waals surface area contributed by atoms with E-state index in [0.717, 1.165) is 77.1 Å². The van der Waals surface area contributed by atoms with Gasteiger partial charge in [-0.1, -0.05) is 6.42 Å². The molecule has 0 unspecified atom stereocenters. The Morgan fingerprint density at radius 1 is 1.13 bits per heavy atom.